The van der Waals surface area contributed by atoms with Gasteiger partial charge in [-0.15, -0.1) is 0 Å². The van der Waals surface area contributed by atoms with Crippen LogP contribution in [-0.4, -0.2) is 54.2 Å². The minimum atomic E-state index is -0.173. The van der Waals surface area contributed by atoms with Gasteiger partial charge in [-0.25, -0.2) is 0 Å². The van der Waals surface area contributed by atoms with Crippen LogP contribution in [-0.2, 0) is 11.3 Å². The number of hydrogen-bond donors (Lipinski definition) is 1. The summed E-state index contributed by atoms with van der Waals surface area (Å²) in [6.07, 6.45) is 0.813. The molecule has 1 aromatic heterocycles. The number of benzene rings is 2. The molecule has 2 aromatic carbocycles. The van der Waals surface area contributed by atoms with E-state index in [0.29, 0.717) is 43.9 Å². The van der Waals surface area contributed by atoms with Gasteiger partial charge in [-0.2, -0.15) is 0 Å². The molecule has 3 amide bonds. The number of carbonyl (C=O) groups excluding carboxylic acids is 3. The lowest BCUT2D eigenvalue weighted by molar-refractivity contribution is -0.119. The summed E-state index contributed by atoms with van der Waals surface area (Å²) in [4.78, 5) is 39.2. The van der Waals surface area contributed by atoms with Crippen LogP contribution in [0, 0.1) is 0 Å². The lowest BCUT2D eigenvalue weighted by Gasteiger charge is -2.31. The summed E-state index contributed by atoms with van der Waals surface area (Å²) >= 11 is 0. The van der Waals surface area contributed by atoms with Crippen molar-refractivity contribution >= 4 is 29.2 Å². The first-order valence-electron chi connectivity index (χ1n) is 9.57. The number of furan rings is 1. The van der Waals surface area contributed by atoms with Gasteiger partial charge < -0.3 is 19.5 Å². The van der Waals surface area contributed by atoms with Crippen molar-refractivity contribution in [3.05, 3.63) is 59.4 Å². The van der Waals surface area contributed by atoms with Crippen LogP contribution in [0.2, 0.25) is 0 Å². The Bertz CT molecular complexity index is 1140. The maximum Gasteiger partial charge on any atom is 0.289 e. The van der Waals surface area contributed by atoms with Crippen molar-refractivity contribution in [2.24, 2.45) is 0 Å². The predicted octanol–water partition coefficient (Wildman–Crippen LogP) is 2.26. The Balaban J connectivity index is 1.52. The van der Waals surface area contributed by atoms with E-state index in [1.54, 1.807) is 15.9 Å². The average Bonchev–Trinajstić information content (AvgIpc) is 3.37. The highest BCUT2D eigenvalue weighted by Gasteiger charge is 2.26. The third kappa shape index (κ3) is 2.86. The number of fused-ring (bicyclic) bond motifs is 2. The molecule has 5 rings (SSSR count). The number of rotatable bonds is 3. The third-order valence-electron chi connectivity index (χ3n) is 5.64. The first-order chi connectivity index (χ1) is 14.2. The molecule has 3 aromatic rings. The zero-order chi connectivity index (χ0) is 20.0. The highest BCUT2D eigenvalue weighted by molar-refractivity contribution is 6.04. The number of nitrogens with zero attached hydrogens (tertiary/aromatic N) is 2. The van der Waals surface area contributed by atoms with E-state index in [4.69, 9.17) is 4.42 Å². The van der Waals surface area contributed by atoms with Crippen molar-refractivity contribution in [3.63, 3.8) is 0 Å². The van der Waals surface area contributed by atoms with E-state index in [1.165, 1.54) is 0 Å². The standard InChI is InChI=1S/C22H19N3O4/c26-13-24-7-9-25(10-8-24)22(28)19-11-14-3-1-5-16(20(14)29-19)15-4-2-6-17-18(15)12-23-21(17)27/h1-6,11,13H,7-10,12H2,(H,23,27). The number of para-hydroxylation sites is 1. The van der Waals surface area contributed by atoms with Crippen molar-refractivity contribution < 1.29 is 18.8 Å². The van der Waals surface area contributed by atoms with Crippen LogP contribution in [0.15, 0.2) is 46.9 Å². The molecular weight excluding hydrogens is 370 g/mol. The topological polar surface area (TPSA) is 82.9 Å². The van der Waals surface area contributed by atoms with Crippen LogP contribution in [0.3, 0.4) is 0 Å². The molecule has 0 spiro atoms. The number of amides is 3. The Morgan fingerprint density at radius 3 is 2.52 bits per heavy atom. The van der Waals surface area contributed by atoms with Crippen LogP contribution in [0.4, 0.5) is 0 Å². The molecule has 1 N–H and O–H groups in total. The summed E-state index contributed by atoms with van der Waals surface area (Å²) in [6.45, 7) is 2.51. The SMILES string of the molecule is O=CN1CCN(C(=O)c2cc3cccc(-c4cccc5c4CNC5=O)c3o2)CC1. The third-order valence-corrected chi connectivity index (χ3v) is 5.64. The minimum Gasteiger partial charge on any atom is -0.450 e. The second kappa shape index (κ2) is 6.77. The summed E-state index contributed by atoms with van der Waals surface area (Å²) < 4.78 is 6.03. The van der Waals surface area contributed by atoms with Crippen LogP contribution in [0.5, 0.6) is 0 Å². The fraction of sp³-hybridized carbons (Fsp3) is 0.227. The molecule has 0 bridgehead atoms. The predicted molar refractivity (Wildman–Crippen MR) is 106 cm³/mol. The van der Waals surface area contributed by atoms with E-state index in [-0.39, 0.29) is 17.6 Å². The van der Waals surface area contributed by atoms with E-state index < -0.39 is 0 Å². The van der Waals surface area contributed by atoms with Crippen LogP contribution >= 0.6 is 0 Å². The number of nitrogens with one attached hydrogen (secondary N) is 1. The maximum atomic E-state index is 12.9. The molecule has 0 atom stereocenters. The first-order valence-corrected chi connectivity index (χ1v) is 9.57. The largest absolute Gasteiger partial charge is 0.450 e. The lowest BCUT2D eigenvalue weighted by Crippen LogP contribution is -2.48. The second-order valence-corrected chi connectivity index (χ2v) is 7.28. The van der Waals surface area contributed by atoms with Crippen LogP contribution in [0.25, 0.3) is 22.1 Å². The minimum absolute atomic E-state index is 0.0706. The molecule has 0 unspecified atom stereocenters. The number of carbonyl (C=O) groups is 3. The summed E-state index contributed by atoms with van der Waals surface area (Å²) in [5.41, 5.74) is 4.05. The summed E-state index contributed by atoms with van der Waals surface area (Å²) in [5, 5.41) is 3.70. The highest BCUT2D eigenvalue weighted by atomic mass is 16.3. The molecule has 3 heterocycles. The van der Waals surface area contributed by atoms with Crippen molar-refractivity contribution in [3.8, 4) is 11.1 Å². The van der Waals surface area contributed by atoms with Gasteiger partial charge in [0, 0.05) is 49.2 Å². The molecule has 0 saturated carbocycles. The molecule has 2 aliphatic rings. The van der Waals surface area contributed by atoms with Crippen molar-refractivity contribution in [1.82, 2.24) is 15.1 Å². The van der Waals surface area contributed by atoms with Crippen molar-refractivity contribution in [1.29, 1.82) is 0 Å². The summed E-state index contributed by atoms with van der Waals surface area (Å²) in [6, 6.07) is 13.2. The lowest BCUT2D eigenvalue weighted by atomic mass is 9.96. The molecule has 7 heteroatoms. The van der Waals surface area contributed by atoms with Crippen LogP contribution < -0.4 is 5.32 Å². The molecule has 0 radical (unpaired) electrons. The summed E-state index contributed by atoms with van der Waals surface area (Å²) in [5.74, 6) is 0.0421. The van der Waals surface area contributed by atoms with Crippen LogP contribution in [0.1, 0.15) is 26.5 Å². The quantitative estimate of drug-likeness (QED) is 0.697. The number of hydrogen-bond acceptors (Lipinski definition) is 4. The van der Waals surface area contributed by atoms with Gasteiger partial charge in [-0.05, 0) is 23.3 Å². The zero-order valence-corrected chi connectivity index (χ0v) is 15.7. The Kier molecular flexibility index (Phi) is 4.08. The van der Waals surface area contributed by atoms with E-state index in [0.717, 1.165) is 28.5 Å². The van der Waals surface area contributed by atoms with E-state index in [1.807, 2.05) is 36.4 Å². The fourth-order valence-corrected chi connectivity index (χ4v) is 4.07. The molecule has 0 aliphatic carbocycles. The average molecular weight is 389 g/mol. The fourth-order valence-electron chi connectivity index (χ4n) is 4.07. The smallest absolute Gasteiger partial charge is 0.289 e. The molecule has 2 aliphatic heterocycles. The van der Waals surface area contributed by atoms with E-state index in [2.05, 4.69) is 5.32 Å². The monoisotopic (exact) mass is 389 g/mol. The Labute approximate surface area is 166 Å². The Morgan fingerprint density at radius 1 is 1.00 bits per heavy atom. The van der Waals surface area contributed by atoms with Gasteiger partial charge in [-0.1, -0.05) is 30.3 Å². The van der Waals surface area contributed by atoms with Gasteiger partial charge in [0.2, 0.25) is 6.41 Å². The Hall–Kier alpha value is -3.61. The summed E-state index contributed by atoms with van der Waals surface area (Å²) in [7, 11) is 0. The first kappa shape index (κ1) is 17.5. The van der Waals surface area contributed by atoms with Gasteiger partial charge in [0.25, 0.3) is 11.8 Å². The molecule has 1 fully saturated rings. The molecule has 1 saturated heterocycles. The van der Waals surface area contributed by atoms with Gasteiger partial charge in [-0.3, -0.25) is 14.4 Å². The maximum absolute atomic E-state index is 12.9. The zero-order valence-electron chi connectivity index (χ0n) is 15.7. The normalized spacial score (nSPS) is 16.1. The molecule has 146 valence electrons. The van der Waals surface area contributed by atoms with E-state index >= 15 is 0 Å². The molecular formula is C22H19N3O4. The molecule has 7 nitrogen and oxygen atoms in total. The van der Waals surface area contributed by atoms with Crippen molar-refractivity contribution in [2.75, 3.05) is 26.2 Å². The molecule has 29 heavy (non-hydrogen) atoms. The van der Waals surface area contributed by atoms with Gasteiger partial charge in [0.1, 0.15) is 5.58 Å². The Morgan fingerprint density at radius 2 is 1.72 bits per heavy atom. The van der Waals surface area contributed by atoms with Gasteiger partial charge in [0.05, 0.1) is 0 Å². The second-order valence-electron chi connectivity index (χ2n) is 7.28. The van der Waals surface area contributed by atoms with Gasteiger partial charge in [0.15, 0.2) is 5.76 Å². The highest BCUT2D eigenvalue weighted by Crippen LogP contribution is 2.35. The van der Waals surface area contributed by atoms with E-state index in [9.17, 15) is 14.4 Å². The van der Waals surface area contributed by atoms with Crippen molar-refractivity contribution in [2.45, 2.75) is 6.54 Å². The van der Waals surface area contributed by atoms with Gasteiger partial charge >= 0.3 is 0 Å². The number of piperazine rings is 1.